The average Bonchev–Trinajstić information content (AvgIpc) is 2.06. The Morgan fingerprint density at radius 3 is 2.73 bits per heavy atom. The molecule has 0 amide bonds. The molecule has 0 atom stereocenters. The maximum atomic E-state index is 5.50. The van der Waals surface area contributed by atoms with Gasteiger partial charge in [0, 0.05) is 6.42 Å². The topological polar surface area (TPSA) is 64.2 Å². The van der Waals surface area contributed by atoms with Crippen molar-refractivity contribution in [2.75, 3.05) is 0 Å². The van der Waals surface area contributed by atoms with E-state index >= 15 is 0 Å². The molecule has 1 rings (SSSR count). The van der Waals surface area contributed by atoms with Crippen LogP contribution in [0, 0.1) is 0 Å². The van der Waals surface area contributed by atoms with Crippen LogP contribution in [0.15, 0.2) is 23.7 Å². The first kappa shape index (κ1) is 7.65. The van der Waals surface area contributed by atoms with Gasteiger partial charge in [0.2, 0.25) is 0 Å². The number of rotatable bonds is 2. The first-order valence-corrected chi connectivity index (χ1v) is 3.41. The Balaban J connectivity index is 2.79. The molecule has 0 unspecified atom stereocenters. The summed E-state index contributed by atoms with van der Waals surface area (Å²) in [5, 5.41) is 0. The first-order chi connectivity index (χ1) is 5.33. The Bertz CT molecular complexity index is 242. The lowest BCUT2D eigenvalue weighted by Gasteiger charge is -1.93. The number of hydrogen-bond donors (Lipinski definition) is 1. The third kappa shape index (κ3) is 2.33. The van der Waals surface area contributed by atoms with Crippen LogP contribution in [-0.4, -0.2) is 15.8 Å². The van der Waals surface area contributed by atoms with Crippen molar-refractivity contribution in [3.05, 3.63) is 18.7 Å². The fourth-order valence-electron chi connectivity index (χ4n) is 0.594. The largest absolute Gasteiger partial charge is 0.387 e. The van der Waals surface area contributed by atoms with Crippen molar-refractivity contribution in [3.63, 3.8) is 0 Å². The number of nitrogens with zero attached hydrogens (tertiary/aromatic N) is 3. The molecule has 0 saturated carbocycles. The van der Waals surface area contributed by atoms with E-state index in [-0.39, 0.29) is 0 Å². The van der Waals surface area contributed by atoms with E-state index in [1.54, 1.807) is 12.4 Å². The van der Waals surface area contributed by atoms with E-state index in [2.05, 4.69) is 15.0 Å². The average molecular weight is 150 g/mol. The summed E-state index contributed by atoms with van der Waals surface area (Å²) in [6.45, 7) is 1.95. The second kappa shape index (κ2) is 3.65. The molecule has 0 bridgehead atoms. The normalized spacial score (nSPS) is 11.5. The van der Waals surface area contributed by atoms with E-state index in [1.807, 2.05) is 6.92 Å². The van der Waals surface area contributed by atoms with Gasteiger partial charge in [-0.15, -0.1) is 0 Å². The lowest BCUT2D eigenvalue weighted by molar-refractivity contribution is 1.15. The summed E-state index contributed by atoms with van der Waals surface area (Å²) in [6, 6.07) is 0. The second-order valence-corrected chi connectivity index (χ2v) is 2.05. The molecule has 0 aliphatic carbocycles. The molecule has 0 aliphatic rings. The Hall–Kier alpha value is -1.45. The van der Waals surface area contributed by atoms with Gasteiger partial charge in [-0.25, -0.2) is 15.0 Å². The molecule has 4 nitrogen and oxygen atoms in total. The molecule has 0 spiro atoms. The third-order valence-corrected chi connectivity index (χ3v) is 1.18. The monoisotopic (exact) mass is 150 g/mol. The lowest BCUT2D eigenvalue weighted by Crippen LogP contribution is -2.08. The van der Waals surface area contributed by atoms with Gasteiger partial charge in [0.15, 0.2) is 0 Å². The van der Waals surface area contributed by atoms with Gasteiger partial charge in [-0.05, 0) is 0 Å². The summed E-state index contributed by atoms with van der Waals surface area (Å²) in [6.07, 6.45) is 5.45. The minimum absolute atomic E-state index is 0.597. The quantitative estimate of drug-likeness (QED) is 0.502. The molecule has 0 aliphatic heterocycles. The van der Waals surface area contributed by atoms with Crippen LogP contribution in [0.1, 0.15) is 13.3 Å². The number of aromatic nitrogens is 2. The van der Waals surface area contributed by atoms with Crippen molar-refractivity contribution in [3.8, 4) is 0 Å². The summed E-state index contributed by atoms with van der Waals surface area (Å²) in [7, 11) is 0. The van der Waals surface area contributed by atoms with Crippen molar-refractivity contribution in [1.29, 1.82) is 0 Å². The summed E-state index contributed by atoms with van der Waals surface area (Å²) < 4.78 is 0. The third-order valence-electron chi connectivity index (χ3n) is 1.18. The van der Waals surface area contributed by atoms with Crippen molar-refractivity contribution in [1.82, 2.24) is 9.97 Å². The van der Waals surface area contributed by atoms with E-state index in [1.165, 1.54) is 6.33 Å². The van der Waals surface area contributed by atoms with Crippen LogP contribution in [0.2, 0.25) is 0 Å². The molecule has 0 aromatic carbocycles. The highest BCUT2D eigenvalue weighted by atomic mass is 14.9. The summed E-state index contributed by atoms with van der Waals surface area (Å²) in [5.74, 6) is 0.597. The number of aliphatic imine (C=N–C) groups is 1. The molecular formula is C7H10N4. The summed E-state index contributed by atoms with van der Waals surface area (Å²) in [4.78, 5) is 11.6. The number of hydrogen-bond acceptors (Lipinski definition) is 3. The predicted octanol–water partition coefficient (Wildman–Crippen LogP) is 0.875. The van der Waals surface area contributed by atoms with Crippen LogP contribution < -0.4 is 5.73 Å². The van der Waals surface area contributed by atoms with Gasteiger partial charge in [0.1, 0.15) is 12.0 Å². The van der Waals surface area contributed by atoms with E-state index in [9.17, 15) is 0 Å². The molecule has 1 heterocycles. The summed E-state index contributed by atoms with van der Waals surface area (Å²) in [5.41, 5.74) is 6.20. The van der Waals surface area contributed by atoms with Crippen LogP contribution >= 0.6 is 0 Å². The van der Waals surface area contributed by atoms with E-state index in [4.69, 9.17) is 5.73 Å². The molecule has 2 N–H and O–H groups in total. The molecule has 4 heteroatoms. The Morgan fingerprint density at radius 2 is 2.18 bits per heavy atom. The van der Waals surface area contributed by atoms with Gasteiger partial charge >= 0.3 is 0 Å². The number of amidine groups is 1. The highest BCUT2D eigenvalue weighted by Gasteiger charge is 1.89. The fourth-order valence-corrected chi connectivity index (χ4v) is 0.594. The van der Waals surface area contributed by atoms with Gasteiger partial charge < -0.3 is 5.73 Å². The summed E-state index contributed by atoms with van der Waals surface area (Å²) >= 11 is 0. The zero-order chi connectivity index (χ0) is 8.10. The highest BCUT2D eigenvalue weighted by molar-refractivity contribution is 5.82. The van der Waals surface area contributed by atoms with Crippen LogP contribution in [0.3, 0.4) is 0 Å². The van der Waals surface area contributed by atoms with Crippen LogP contribution in [0.5, 0.6) is 0 Å². The molecular weight excluding hydrogens is 140 g/mol. The maximum Gasteiger partial charge on any atom is 0.115 e. The van der Waals surface area contributed by atoms with Crippen LogP contribution in [-0.2, 0) is 0 Å². The molecule has 11 heavy (non-hydrogen) atoms. The van der Waals surface area contributed by atoms with Crippen molar-refractivity contribution < 1.29 is 0 Å². The van der Waals surface area contributed by atoms with Crippen molar-refractivity contribution >= 4 is 11.5 Å². The molecule has 0 saturated heterocycles. The molecule has 0 radical (unpaired) electrons. The van der Waals surface area contributed by atoms with Gasteiger partial charge in [-0.3, -0.25) is 0 Å². The molecule has 1 aromatic rings. The van der Waals surface area contributed by atoms with Crippen LogP contribution in [0.4, 0.5) is 5.69 Å². The van der Waals surface area contributed by atoms with Gasteiger partial charge in [-0.1, -0.05) is 6.92 Å². The minimum Gasteiger partial charge on any atom is -0.387 e. The first-order valence-electron chi connectivity index (χ1n) is 3.41. The van der Waals surface area contributed by atoms with Crippen molar-refractivity contribution in [2.45, 2.75) is 13.3 Å². The zero-order valence-corrected chi connectivity index (χ0v) is 6.36. The standard InChI is InChI=1S/C7H10N4/c1-2-7(8)11-6-3-9-5-10-4-6/h3-5H,2H2,1H3,(H2,8,11). The lowest BCUT2D eigenvalue weighted by atomic mass is 10.4. The fraction of sp³-hybridized carbons (Fsp3) is 0.286. The van der Waals surface area contributed by atoms with E-state index in [0.717, 1.165) is 6.42 Å². The number of nitrogens with two attached hydrogens (primary N) is 1. The Morgan fingerprint density at radius 1 is 1.55 bits per heavy atom. The minimum atomic E-state index is 0.597. The SMILES string of the molecule is CCC(N)=Nc1cncnc1. The van der Waals surface area contributed by atoms with Crippen LogP contribution in [0.25, 0.3) is 0 Å². The molecule has 0 fully saturated rings. The predicted molar refractivity (Wildman–Crippen MR) is 43.6 cm³/mol. The van der Waals surface area contributed by atoms with E-state index in [0.29, 0.717) is 11.5 Å². The highest BCUT2D eigenvalue weighted by Crippen LogP contribution is 2.05. The van der Waals surface area contributed by atoms with Crippen molar-refractivity contribution in [2.24, 2.45) is 10.7 Å². The zero-order valence-electron chi connectivity index (χ0n) is 6.36. The van der Waals surface area contributed by atoms with Gasteiger partial charge in [0.25, 0.3) is 0 Å². The Labute approximate surface area is 65.2 Å². The van der Waals surface area contributed by atoms with Gasteiger partial charge in [-0.2, -0.15) is 0 Å². The molecule has 1 aromatic heterocycles. The van der Waals surface area contributed by atoms with E-state index < -0.39 is 0 Å². The maximum absolute atomic E-state index is 5.50. The van der Waals surface area contributed by atoms with Gasteiger partial charge in [0.05, 0.1) is 18.2 Å². The smallest absolute Gasteiger partial charge is 0.115 e. The second-order valence-electron chi connectivity index (χ2n) is 2.05. The molecule has 58 valence electrons. The Kier molecular flexibility index (Phi) is 2.54.